The normalized spacial score (nSPS) is 18.3. The largest absolute Gasteiger partial charge is 0.743 e. The number of nitrogens with zero attached hydrogens (tertiary/aromatic N) is 1. The summed E-state index contributed by atoms with van der Waals surface area (Å²) in [5, 5.41) is 26.4. The number of ether oxygens (including phenoxy) is 8. The summed E-state index contributed by atoms with van der Waals surface area (Å²) in [5.74, 6) is -2.46. The van der Waals surface area contributed by atoms with Crippen molar-refractivity contribution in [2.45, 2.75) is 368 Å². The fourth-order valence-corrected chi connectivity index (χ4v) is 12.8. The predicted octanol–water partition coefficient (Wildman–Crippen LogP) is 22.0. The van der Waals surface area contributed by atoms with Crippen LogP contribution in [0.3, 0.4) is 0 Å². The first-order chi connectivity index (χ1) is 63.9. The summed E-state index contributed by atoms with van der Waals surface area (Å²) < 4.78 is 227. The number of hydrogen-bond donors (Lipinski definition) is 3. The second-order valence-electron chi connectivity index (χ2n) is 38.7. The topological polar surface area (TPSA) is 392 Å². The number of esters is 7. The van der Waals surface area contributed by atoms with E-state index in [1.165, 1.54) is 56.9 Å². The highest BCUT2D eigenvalue weighted by atomic mass is 32.2. The van der Waals surface area contributed by atoms with E-state index < -0.39 is 144 Å². The van der Waals surface area contributed by atoms with Gasteiger partial charge in [0.25, 0.3) is 6.10 Å². The molecule has 10 atom stereocenters. The number of rotatable bonds is 28. The highest BCUT2D eigenvalue weighted by molar-refractivity contribution is 7.87. The van der Waals surface area contributed by atoms with Crippen molar-refractivity contribution < 1.29 is 157 Å². The predicted molar refractivity (Wildman–Crippen MR) is 516 cm³/mol. The highest BCUT2D eigenvalue weighted by Gasteiger charge is 2.74. The number of alkyl halides is 10. The Balaban J connectivity index is 0.00000156. The minimum absolute atomic E-state index is 0.0197. The van der Waals surface area contributed by atoms with E-state index in [4.69, 9.17) is 38.6 Å². The second-order valence-corrected chi connectivity index (χ2v) is 42.8. The molecule has 3 heterocycles. The Bertz CT molecular complexity index is 4840. The highest BCUT2D eigenvalue weighted by Crippen LogP contribution is 2.55. The van der Waals surface area contributed by atoms with Gasteiger partial charge in [-0.1, -0.05) is 168 Å². The van der Waals surface area contributed by atoms with Crippen molar-refractivity contribution in [3.63, 3.8) is 0 Å². The molecule has 25 nitrogen and oxygen atoms in total. The summed E-state index contributed by atoms with van der Waals surface area (Å²) >= 11 is 6.71. The first-order valence-corrected chi connectivity index (χ1v) is 49.9. The molecule has 5 aromatic carbocycles. The number of aliphatic hydroxyl groups is 1. The summed E-state index contributed by atoms with van der Waals surface area (Å²) in [4.78, 5) is 84.0. The molecule has 0 spiro atoms. The number of nitriles is 1. The molecule has 1 aliphatic carbocycles. The lowest BCUT2D eigenvalue weighted by Crippen LogP contribution is -2.53. The third kappa shape index (κ3) is 41.5. The van der Waals surface area contributed by atoms with E-state index in [1.807, 2.05) is 174 Å². The first-order valence-electron chi connectivity index (χ1n) is 46.1. The molecule has 1 saturated carbocycles. The van der Waals surface area contributed by atoms with Crippen molar-refractivity contribution in [2.75, 3.05) is 13.2 Å². The van der Waals surface area contributed by atoms with Gasteiger partial charge in [0.1, 0.15) is 44.7 Å². The van der Waals surface area contributed by atoms with Crippen molar-refractivity contribution in [3.05, 3.63) is 156 Å². The van der Waals surface area contributed by atoms with Gasteiger partial charge in [0.2, 0.25) is 0 Å². The zero-order valence-electron chi connectivity index (χ0n) is 85.1. The fraction of sp³-hybridized carbons (Fsp3) is 0.624. The Labute approximate surface area is 831 Å². The third-order valence-electron chi connectivity index (χ3n) is 24.6. The van der Waals surface area contributed by atoms with E-state index in [2.05, 4.69) is 69.3 Å². The summed E-state index contributed by atoms with van der Waals surface area (Å²) in [7, 11) is -12.5. The number of halogens is 10. The van der Waals surface area contributed by atoms with E-state index in [9.17, 15) is 114 Å². The number of phenols is 2. The number of benzene rings is 5. The van der Waals surface area contributed by atoms with Gasteiger partial charge >= 0.3 is 64.6 Å². The van der Waals surface area contributed by atoms with Gasteiger partial charge < -0.3 is 62.3 Å². The lowest BCUT2D eigenvalue weighted by Gasteiger charge is -2.32. The maximum Gasteiger partial charge on any atom is 0.432 e. The van der Waals surface area contributed by atoms with Crippen LogP contribution in [-0.2, 0) is 123 Å². The van der Waals surface area contributed by atoms with Gasteiger partial charge in [0, 0.05) is 6.42 Å². The molecule has 2 bridgehead atoms. The minimum Gasteiger partial charge on any atom is -0.743 e. The molecule has 3 saturated heterocycles. The second kappa shape index (κ2) is 55.9. The van der Waals surface area contributed by atoms with Gasteiger partial charge in [-0.15, -0.1) is 0 Å². The Morgan fingerprint density at radius 3 is 1.19 bits per heavy atom. The van der Waals surface area contributed by atoms with E-state index in [-0.39, 0.29) is 52.4 Å². The summed E-state index contributed by atoms with van der Waals surface area (Å²) in [5.41, 5.74) is -5.04. The van der Waals surface area contributed by atoms with Crippen LogP contribution in [0.2, 0.25) is 0 Å². The molecule has 140 heavy (non-hydrogen) atoms. The van der Waals surface area contributed by atoms with Crippen molar-refractivity contribution in [3.8, 4) is 17.6 Å². The summed E-state index contributed by atoms with van der Waals surface area (Å²) in [6.45, 7) is 44.3. The maximum atomic E-state index is 13.0. The number of carbonyl (C=O) groups excluding carboxylic acids is 7. The Kier molecular flexibility index (Phi) is 52.4. The van der Waals surface area contributed by atoms with Gasteiger partial charge in [0.05, 0.1) is 33.1 Å². The molecule has 3 N–H and O–H groups in total. The third-order valence-corrected chi connectivity index (χ3v) is 27.0. The van der Waals surface area contributed by atoms with E-state index in [0.29, 0.717) is 42.1 Å². The monoisotopic (exact) mass is 2080 g/mol. The molecule has 794 valence electrons. The Morgan fingerprint density at radius 2 is 0.879 bits per heavy atom. The SMILES string of the molecule is CCC(C)(C)C(=O)OC(C(F)(F)F)C(F)(F)S(=O)(=O)[O-].CCC(C)(C)C(=O)OC(C)(C)C.CCC(C)(C)C(=O)OCC(=O)OC1C2CC3(C#N)C(=O)OC1C3O2.CCC(C)(C)C(=O)OCC(F)(F)S(=O)(=O)[O-].CCC(C)c1ccc(C(C)(O)C(F)(F)F)cc1.CCC(C)c1ccc(O)cc1.CCC(C)c1ccc(O)cc1.CCC1(OC(=O)C(C)(C)CC)CCCC1.[SH2+]c1ccccc1.[SH2+]c1ccccc1. The molecule has 4 fully saturated rings. The molecule has 0 amide bonds. The molecule has 10 unspecified atom stereocenters. The Morgan fingerprint density at radius 1 is 0.521 bits per heavy atom. The average molecular weight is 2080 g/mol. The fourth-order valence-electron chi connectivity index (χ4n) is 11.7. The van der Waals surface area contributed by atoms with Crippen LogP contribution in [0.4, 0.5) is 43.9 Å². The molecule has 3 aliphatic heterocycles. The minimum atomic E-state index is -6.66. The number of hydrogen-bond acceptors (Lipinski definition) is 25. The summed E-state index contributed by atoms with van der Waals surface area (Å²) in [6, 6.07) is 42.7. The van der Waals surface area contributed by atoms with Crippen molar-refractivity contribution in [1.29, 1.82) is 5.26 Å². The zero-order valence-corrected chi connectivity index (χ0v) is 88.7. The number of fused-ring (bicyclic) bond motifs is 1. The van der Waals surface area contributed by atoms with Gasteiger partial charge in [0.15, 0.2) is 56.7 Å². The number of phenolic OH excluding ortho intramolecular Hbond substituents is 2. The summed E-state index contributed by atoms with van der Waals surface area (Å²) in [6.07, 6.45) is -6.41. The van der Waals surface area contributed by atoms with Crippen LogP contribution >= 0.6 is 0 Å². The van der Waals surface area contributed by atoms with Crippen LogP contribution in [-0.4, -0.2) is 161 Å². The van der Waals surface area contributed by atoms with Crippen LogP contribution in [0.5, 0.6) is 11.5 Å². The molecule has 0 radical (unpaired) electrons. The van der Waals surface area contributed by atoms with Crippen molar-refractivity contribution >= 4 is 87.3 Å². The lowest BCUT2D eigenvalue weighted by molar-refractivity contribution is -0.262. The van der Waals surface area contributed by atoms with E-state index in [0.717, 1.165) is 87.5 Å². The molecule has 4 aliphatic rings. The van der Waals surface area contributed by atoms with Crippen LogP contribution in [0.15, 0.2) is 143 Å². The molecular formula is C101H147F10NO24S4. The molecule has 5 aromatic rings. The van der Waals surface area contributed by atoms with Crippen LogP contribution < -0.4 is 0 Å². The van der Waals surface area contributed by atoms with Gasteiger partial charge in [-0.2, -0.15) is 49.2 Å². The molecule has 39 heteroatoms. The van der Waals surface area contributed by atoms with Gasteiger partial charge in [-0.05, 0) is 294 Å². The lowest BCUT2D eigenvalue weighted by atomic mass is 9.75. The number of carbonyl (C=O) groups is 7. The zero-order chi connectivity index (χ0) is 109. The van der Waals surface area contributed by atoms with E-state index in [1.54, 1.807) is 57.2 Å². The quantitative estimate of drug-likeness (QED) is 0.0138. The Hall–Kier alpha value is -8.78. The molecular weight excluding hydrogens is 1930 g/mol. The standard InChI is InChI=1S/C16H19NO7.C13H17F3O.C13H24O2.C10H20O2.2C10H14O.C9H13F5O5S.C8H14F2O5S.2C6H6S/c1-4-15(2,3)13(19)21-6-9(18)23-10-8-5-16(7-17)12(22-8)11(10)24-14(16)20;1-4-9(2)10-5-7-11(8-6-10)12(3,17)13(14,15)16;1-5-12(3,4)11(14)15-13(6-2)9-7-8-10-13;1-7-10(5,6)8(11)12-9(2,3)4;2*1-3-8(2)9-4-6-10(11)7-5-9;1-4-7(2,3)6(15)19-5(8(10,11)12)9(13,14)20(16,17)18;1-4-7(2,3)6(11)15-5-8(9,10)16(12,13)14;2*7-6-4-2-1-3-5-6/h8,10-12H,4-6H2,1-3H3;5-9,17H,4H2,1-3H3;5-10H2,1-4H3;7H2,1-6H3;2*4-8,11H,3H2,1-2H3;5H,4H2,1-3H3,(H,16,17,18);4-5H2,1-3H3,(H,12,13,14);2*1-5,7H. The van der Waals surface area contributed by atoms with Crippen LogP contribution in [0.25, 0.3) is 0 Å². The molecule has 9 rings (SSSR count). The van der Waals surface area contributed by atoms with Crippen molar-refractivity contribution in [2.24, 2.45) is 32.5 Å². The molecule has 0 aromatic heterocycles. The van der Waals surface area contributed by atoms with Crippen LogP contribution in [0, 0.1) is 43.8 Å². The number of aromatic hydroxyl groups is 2. The van der Waals surface area contributed by atoms with Gasteiger partial charge in [-0.25, -0.2) is 21.6 Å². The smallest absolute Gasteiger partial charge is 0.432 e. The van der Waals surface area contributed by atoms with Crippen LogP contribution in [0.1, 0.15) is 310 Å². The van der Waals surface area contributed by atoms with Gasteiger partial charge in [-0.3, -0.25) is 28.8 Å². The first kappa shape index (κ1) is 131. The maximum absolute atomic E-state index is 13.0. The average Bonchev–Trinajstić information content (AvgIpc) is 1.54. The van der Waals surface area contributed by atoms with E-state index >= 15 is 0 Å². The van der Waals surface area contributed by atoms with Crippen molar-refractivity contribution in [1.82, 2.24) is 0 Å².